The zero-order valence-electron chi connectivity index (χ0n) is 23.6. The quantitative estimate of drug-likeness (QED) is 0.156. The number of rotatable bonds is 12. The van der Waals surface area contributed by atoms with Crippen molar-refractivity contribution in [3.8, 4) is 5.75 Å². The number of hydrogen-bond acceptors (Lipinski definition) is 5. The molecule has 1 heterocycles. The Morgan fingerprint density at radius 2 is 1.14 bits per heavy atom. The summed E-state index contributed by atoms with van der Waals surface area (Å²) in [6.07, 6.45) is -1.03. The highest BCUT2D eigenvalue weighted by Gasteiger charge is 2.42. The Morgan fingerprint density at radius 1 is 0.571 bits per heavy atom. The van der Waals surface area contributed by atoms with E-state index in [1.54, 1.807) is 0 Å². The molecule has 6 rings (SSSR count). The van der Waals surface area contributed by atoms with E-state index in [0.29, 0.717) is 32.8 Å². The molecule has 0 radical (unpaired) electrons. The van der Waals surface area contributed by atoms with Crippen molar-refractivity contribution in [2.45, 2.75) is 50.8 Å². The average molecular weight is 561 g/mol. The normalized spacial score (nSPS) is 20.4. The average Bonchev–Trinajstić information content (AvgIpc) is 3.05. The highest BCUT2D eigenvalue weighted by molar-refractivity contribution is 5.88. The summed E-state index contributed by atoms with van der Waals surface area (Å²) in [6, 6.07) is 44.9. The van der Waals surface area contributed by atoms with Crippen molar-refractivity contribution in [2.24, 2.45) is 0 Å². The van der Waals surface area contributed by atoms with Gasteiger partial charge >= 0.3 is 0 Å². The molecule has 0 amide bonds. The van der Waals surface area contributed by atoms with Crippen LogP contribution in [0.4, 0.5) is 0 Å². The molecule has 1 aliphatic rings. The molecule has 1 fully saturated rings. The molecule has 0 aliphatic carbocycles. The van der Waals surface area contributed by atoms with Crippen molar-refractivity contribution in [3.05, 3.63) is 150 Å². The summed E-state index contributed by atoms with van der Waals surface area (Å²) >= 11 is 0. The van der Waals surface area contributed by atoms with Gasteiger partial charge in [0.05, 0.1) is 32.5 Å². The van der Waals surface area contributed by atoms with E-state index in [4.69, 9.17) is 23.7 Å². The predicted octanol–water partition coefficient (Wildman–Crippen LogP) is 7.72. The van der Waals surface area contributed by atoms with Crippen molar-refractivity contribution in [3.63, 3.8) is 0 Å². The first-order chi connectivity index (χ1) is 20.8. The molecule has 214 valence electrons. The fourth-order valence-corrected chi connectivity index (χ4v) is 5.33. The van der Waals surface area contributed by atoms with Crippen molar-refractivity contribution in [1.29, 1.82) is 0 Å². The molecule has 5 aromatic rings. The molecular weight excluding hydrogens is 524 g/mol. The van der Waals surface area contributed by atoms with Crippen LogP contribution >= 0.6 is 0 Å². The third-order valence-corrected chi connectivity index (χ3v) is 7.48. The molecule has 0 bridgehead atoms. The van der Waals surface area contributed by atoms with Crippen LogP contribution in [0.3, 0.4) is 0 Å². The van der Waals surface area contributed by atoms with Gasteiger partial charge in [0.1, 0.15) is 18.0 Å². The molecule has 5 aromatic carbocycles. The third-order valence-electron chi connectivity index (χ3n) is 7.48. The Morgan fingerprint density at radius 3 is 1.83 bits per heavy atom. The minimum atomic E-state index is -0.529. The fourth-order valence-electron chi connectivity index (χ4n) is 5.33. The molecule has 0 spiro atoms. The lowest BCUT2D eigenvalue weighted by Gasteiger charge is -2.41. The van der Waals surface area contributed by atoms with Crippen molar-refractivity contribution >= 4 is 10.8 Å². The predicted molar refractivity (Wildman–Crippen MR) is 164 cm³/mol. The second kappa shape index (κ2) is 14.3. The van der Waals surface area contributed by atoms with Gasteiger partial charge in [-0.25, -0.2) is 0 Å². The first kappa shape index (κ1) is 28.1. The molecule has 4 atom stereocenters. The molecule has 0 saturated carbocycles. The van der Waals surface area contributed by atoms with E-state index in [2.05, 4.69) is 54.6 Å². The van der Waals surface area contributed by atoms with E-state index in [1.807, 2.05) is 78.9 Å². The van der Waals surface area contributed by atoms with Crippen LogP contribution in [0.15, 0.2) is 133 Å². The van der Waals surface area contributed by atoms with Crippen LogP contribution in [0.25, 0.3) is 10.8 Å². The van der Waals surface area contributed by atoms with Gasteiger partial charge in [-0.2, -0.15) is 0 Å². The van der Waals surface area contributed by atoms with Crippen LogP contribution in [0.1, 0.15) is 23.1 Å². The molecule has 5 nitrogen and oxygen atoms in total. The Balaban J connectivity index is 1.24. The molecule has 5 heteroatoms. The summed E-state index contributed by atoms with van der Waals surface area (Å²) in [5.41, 5.74) is 3.31. The van der Waals surface area contributed by atoms with E-state index in [9.17, 15) is 0 Å². The van der Waals surface area contributed by atoms with Gasteiger partial charge in [0, 0.05) is 11.8 Å². The van der Waals surface area contributed by atoms with Gasteiger partial charge in [-0.3, -0.25) is 0 Å². The Bertz CT molecular complexity index is 1500. The van der Waals surface area contributed by atoms with Gasteiger partial charge in [-0.1, -0.05) is 127 Å². The van der Waals surface area contributed by atoms with Gasteiger partial charge in [0.15, 0.2) is 0 Å². The maximum atomic E-state index is 6.61. The molecular formula is C37H36O5. The second-order valence-corrected chi connectivity index (χ2v) is 10.5. The van der Waals surface area contributed by atoms with Crippen LogP contribution < -0.4 is 4.74 Å². The number of ether oxygens (including phenoxy) is 5. The number of fused-ring (bicyclic) bond motifs is 1. The minimum Gasteiger partial charge on any atom is -0.464 e. The fraction of sp³-hybridized carbons (Fsp3) is 0.243. The number of benzene rings is 5. The van der Waals surface area contributed by atoms with E-state index < -0.39 is 12.4 Å². The first-order valence-electron chi connectivity index (χ1n) is 14.5. The molecule has 1 saturated heterocycles. The lowest BCUT2D eigenvalue weighted by atomic mass is 10.0. The Labute approximate surface area is 247 Å². The summed E-state index contributed by atoms with van der Waals surface area (Å²) < 4.78 is 32.5. The van der Waals surface area contributed by atoms with Gasteiger partial charge < -0.3 is 23.7 Å². The SMILES string of the molecule is c1ccc(COCC2O[C@@H](Oc3cccc4ccccc34)CC(OCc3ccccc3)[C@@H]2OCc2ccccc2)cc1. The van der Waals surface area contributed by atoms with Gasteiger partial charge in [-0.15, -0.1) is 0 Å². The first-order valence-corrected chi connectivity index (χ1v) is 14.5. The summed E-state index contributed by atoms with van der Waals surface area (Å²) in [4.78, 5) is 0. The second-order valence-electron chi connectivity index (χ2n) is 10.5. The topological polar surface area (TPSA) is 46.2 Å². The van der Waals surface area contributed by atoms with Crippen LogP contribution in [-0.4, -0.2) is 31.2 Å². The van der Waals surface area contributed by atoms with Gasteiger partial charge in [0.2, 0.25) is 6.29 Å². The highest BCUT2D eigenvalue weighted by atomic mass is 16.7. The minimum absolute atomic E-state index is 0.270. The Hall–Kier alpha value is -4.00. The van der Waals surface area contributed by atoms with Crippen molar-refractivity contribution in [2.75, 3.05) is 6.61 Å². The van der Waals surface area contributed by atoms with Crippen LogP contribution in [-0.2, 0) is 38.8 Å². The van der Waals surface area contributed by atoms with E-state index in [1.165, 1.54) is 0 Å². The van der Waals surface area contributed by atoms with Crippen molar-refractivity contribution < 1.29 is 23.7 Å². The summed E-state index contributed by atoms with van der Waals surface area (Å²) in [5, 5.41) is 2.17. The van der Waals surface area contributed by atoms with Gasteiger partial charge in [-0.05, 0) is 28.1 Å². The maximum absolute atomic E-state index is 6.61. The summed E-state index contributed by atoms with van der Waals surface area (Å²) in [6.45, 7) is 1.74. The third kappa shape index (κ3) is 7.44. The lowest BCUT2D eigenvalue weighted by molar-refractivity contribution is -0.257. The lowest BCUT2D eigenvalue weighted by Crippen LogP contribution is -2.53. The maximum Gasteiger partial charge on any atom is 0.202 e. The zero-order valence-corrected chi connectivity index (χ0v) is 23.6. The molecule has 42 heavy (non-hydrogen) atoms. The van der Waals surface area contributed by atoms with Gasteiger partial charge in [0.25, 0.3) is 0 Å². The highest BCUT2D eigenvalue weighted by Crippen LogP contribution is 2.32. The molecule has 0 N–H and O–H groups in total. The summed E-state index contributed by atoms with van der Waals surface area (Å²) in [5.74, 6) is 0.785. The standard InChI is InChI=1S/C37H36O5/c1-4-13-28(14-5-1)24-38-27-35-37(40-26-30-17-8-3-9-18-30)34(39-25-29-15-6-2-7-16-29)23-36(42-35)41-33-22-12-20-31-19-10-11-21-32(31)33/h1-22,34-37H,23-27H2/t34?,35?,36-,37+/m1/s1. The van der Waals surface area contributed by atoms with Crippen molar-refractivity contribution in [1.82, 2.24) is 0 Å². The molecule has 0 aromatic heterocycles. The smallest absolute Gasteiger partial charge is 0.202 e. The van der Waals surface area contributed by atoms with Crippen LogP contribution in [0, 0.1) is 0 Å². The number of hydrogen-bond donors (Lipinski definition) is 0. The molecule has 2 unspecified atom stereocenters. The summed E-state index contributed by atoms with van der Waals surface area (Å²) in [7, 11) is 0. The van der Waals surface area contributed by atoms with Crippen LogP contribution in [0.2, 0.25) is 0 Å². The largest absolute Gasteiger partial charge is 0.464 e. The van der Waals surface area contributed by atoms with E-state index >= 15 is 0 Å². The molecule has 1 aliphatic heterocycles. The monoisotopic (exact) mass is 560 g/mol. The van der Waals surface area contributed by atoms with Crippen LogP contribution in [0.5, 0.6) is 5.75 Å². The van der Waals surface area contributed by atoms with E-state index in [-0.39, 0.29) is 12.2 Å². The zero-order chi connectivity index (χ0) is 28.4. The van der Waals surface area contributed by atoms with E-state index in [0.717, 1.165) is 33.2 Å². The Kier molecular flexibility index (Phi) is 9.55.